The predicted octanol–water partition coefficient (Wildman–Crippen LogP) is 1.44. The van der Waals surface area contributed by atoms with Crippen LogP contribution in [0.15, 0.2) is 18.2 Å². The first kappa shape index (κ1) is 10.5. The van der Waals surface area contributed by atoms with Gasteiger partial charge in [0.15, 0.2) is 0 Å². The lowest BCUT2D eigenvalue weighted by Gasteiger charge is -2.12. The predicted molar refractivity (Wildman–Crippen MR) is 64.2 cm³/mol. The minimum atomic E-state index is 0.783. The third-order valence-corrected chi connectivity index (χ3v) is 3.22. The van der Waals surface area contributed by atoms with Gasteiger partial charge < -0.3 is 10.6 Å². The maximum absolute atomic E-state index is 3.55. The standard InChI is InChI=1S/C13H20N2/c1-10-5-6-13(11(2)8-10)15-9-12-4-3-7-14-12/h5-6,8,12,14-15H,3-4,7,9H2,1-2H3/p+1/t12-/m0/s1. The Morgan fingerprint density at radius 3 is 2.93 bits per heavy atom. The van der Waals surface area contributed by atoms with Crippen LogP contribution in [0.1, 0.15) is 24.0 Å². The van der Waals surface area contributed by atoms with Crippen molar-refractivity contribution < 1.29 is 5.32 Å². The molecule has 0 radical (unpaired) electrons. The fourth-order valence-corrected chi connectivity index (χ4v) is 2.29. The Kier molecular flexibility index (Phi) is 3.27. The van der Waals surface area contributed by atoms with Crippen molar-refractivity contribution in [3.05, 3.63) is 29.3 Å². The van der Waals surface area contributed by atoms with E-state index in [1.807, 2.05) is 0 Å². The maximum atomic E-state index is 3.55. The van der Waals surface area contributed by atoms with Crippen LogP contribution in [-0.2, 0) is 0 Å². The van der Waals surface area contributed by atoms with Crippen molar-refractivity contribution in [2.45, 2.75) is 32.7 Å². The van der Waals surface area contributed by atoms with E-state index in [-0.39, 0.29) is 0 Å². The van der Waals surface area contributed by atoms with Crippen LogP contribution in [0, 0.1) is 13.8 Å². The summed E-state index contributed by atoms with van der Waals surface area (Å²) in [6, 6.07) is 7.39. The number of hydrogen-bond acceptors (Lipinski definition) is 1. The van der Waals surface area contributed by atoms with E-state index in [4.69, 9.17) is 0 Å². The number of nitrogens with two attached hydrogens (primary N) is 1. The lowest BCUT2D eigenvalue weighted by atomic mass is 10.1. The Balaban J connectivity index is 1.92. The second-order valence-electron chi connectivity index (χ2n) is 4.63. The normalized spacial score (nSPS) is 20.5. The van der Waals surface area contributed by atoms with E-state index in [2.05, 4.69) is 42.7 Å². The Hall–Kier alpha value is -1.02. The summed E-state index contributed by atoms with van der Waals surface area (Å²) in [6.07, 6.45) is 2.73. The molecule has 0 bridgehead atoms. The monoisotopic (exact) mass is 205 g/mol. The summed E-state index contributed by atoms with van der Waals surface area (Å²) >= 11 is 0. The summed E-state index contributed by atoms with van der Waals surface area (Å²) in [5.41, 5.74) is 3.99. The van der Waals surface area contributed by atoms with Gasteiger partial charge in [-0.1, -0.05) is 17.7 Å². The van der Waals surface area contributed by atoms with Gasteiger partial charge in [0.25, 0.3) is 0 Å². The molecule has 0 amide bonds. The Bertz CT molecular complexity index is 327. The molecule has 0 aromatic heterocycles. The Morgan fingerprint density at radius 2 is 2.27 bits per heavy atom. The molecule has 2 nitrogen and oxygen atoms in total. The van der Waals surface area contributed by atoms with Gasteiger partial charge in [-0.15, -0.1) is 0 Å². The molecule has 82 valence electrons. The summed E-state index contributed by atoms with van der Waals surface area (Å²) in [5, 5.41) is 6.01. The number of benzene rings is 1. The number of nitrogens with one attached hydrogen (secondary N) is 1. The first-order chi connectivity index (χ1) is 7.25. The third kappa shape index (κ3) is 2.72. The molecular formula is C13H21N2+. The number of rotatable bonds is 3. The lowest BCUT2D eigenvalue weighted by Crippen LogP contribution is -2.87. The summed E-state index contributed by atoms with van der Waals surface area (Å²) in [4.78, 5) is 0. The van der Waals surface area contributed by atoms with E-state index >= 15 is 0 Å². The van der Waals surface area contributed by atoms with Gasteiger partial charge in [-0.05, 0) is 25.5 Å². The van der Waals surface area contributed by atoms with Gasteiger partial charge in [-0.25, -0.2) is 0 Å². The molecule has 1 aliphatic heterocycles. The topological polar surface area (TPSA) is 28.6 Å². The van der Waals surface area contributed by atoms with Gasteiger partial charge in [-0.2, -0.15) is 0 Å². The van der Waals surface area contributed by atoms with Crippen LogP contribution >= 0.6 is 0 Å². The highest BCUT2D eigenvalue weighted by Crippen LogP contribution is 2.16. The van der Waals surface area contributed by atoms with E-state index < -0.39 is 0 Å². The van der Waals surface area contributed by atoms with Gasteiger partial charge >= 0.3 is 0 Å². The van der Waals surface area contributed by atoms with Crippen LogP contribution in [0.25, 0.3) is 0 Å². The van der Waals surface area contributed by atoms with Gasteiger partial charge in [0.05, 0.1) is 13.1 Å². The smallest absolute Gasteiger partial charge is 0.104 e. The molecule has 0 unspecified atom stereocenters. The first-order valence-electron chi connectivity index (χ1n) is 5.90. The first-order valence-corrected chi connectivity index (χ1v) is 5.90. The van der Waals surface area contributed by atoms with Gasteiger partial charge in [-0.3, -0.25) is 0 Å². The highest BCUT2D eigenvalue weighted by atomic mass is 15.0. The highest BCUT2D eigenvalue weighted by Gasteiger charge is 2.17. The zero-order valence-corrected chi connectivity index (χ0v) is 9.72. The molecule has 3 N–H and O–H groups in total. The van der Waals surface area contributed by atoms with E-state index in [1.54, 1.807) is 0 Å². The van der Waals surface area contributed by atoms with Gasteiger partial charge in [0.1, 0.15) is 6.04 Å². The Morgan fingerprint density at radius 1 is 1.40 bits per heavy atom. The van der Waals surface area contributed by atoms with Gasteiger partial charge in [0, 0.05) is 18.5 Å². The number of quaternary nitrogens is 1. The molecule has 0 saturated carbocycles. The molecule has 1 fully saturated rings. The van der Waals surface area contributed by atoms with Crippen molar-refractivity contribution in [3.63, 3.8) is 0 Å². The van der Waals surface area contributed by atoms with Crippen LogP contribution in [0.4, 0.5) is 5.69 Å². The molecule has 0 aliphatic carbocycles. The molecule has 1 aromatic rings. The number of aryl methyl sites for hydroxylation is 2. The van der Waals surface area contributed by atoms with Crippen molar-refractivity contribution in [2.24, 2.45) is 0 Å². The summed E-state index contributed by atoms with van der Waals surface area (Å²) in [7, 11) is 0. The lowest BCUT2D eigenvalue weighted by molar-refractivity contribution is -0.666. The Labute approximate surface area is 92.1 Å². The van der Waals surface area contributed by atoms with E-state index in [1.165, 1.54) is 36.2 Å². The van der Waals surface area contributed by atoms with E-state index in [9.17, 15) is 0 Å². The van der Waals surface area contributed by atoms with Crippen LogP contribution in [0.3, 0.4) is 0 Å². The second kappa shape index (κ2) is 4.67. The third-order valence-electron chi connectivity index (χ3n) is 3.22. The van der Waals surface area contributed by atoms with Crippen LogP contribution < -0.4 is 10.6 Å². The van der Waals surface area contributed by atoms with Crippen molar-refractivity contribution in [2.75, 3.05) is 18.4 Å². The quantitative estimate of drug-likeness (QED) is 0.768. The molecule has 1 aliphatic rings. The summed E-state index contributed by atoms with van der Waals surface area (Å²) < 4.78 is 0. The zero-order chi connectivity index (χ0) is 10.7. The second-order valence-corrected chi connectivity index (χ2v) is 4.63. The molecule has 2 rings (SSSR count). The number of hydrogen-bond donors (Lipinski definition) is 2. The van der Waals surface area contributed by atoms with Crippen LogP contribution in [0.5, 0.6) is 0 Å². The molecule has 1 atom stereocenters. The maximum Gasteiger partial charge on any atom is 0.104 e. The highest BCUT2D eigenvalue weighted by molar-refractivity contribution is 5.51. The molecule has 2 heteroatoms. The van der Waals surface area contributed by atoms with Crippen LogP contribution in [-0.4, -0.2) is 19.1 Å². The van der Waals surface area contributed by atoms with E-state index in [0.717, 1.165) is 12.6 Å². The minimum Gasteiger partial charge on any atom is -0.379 e. The molecule has 0 spiro atoms. The van der Waals surface area contributed by atoms with Crippen molar-refractivity contribution >= 4 is 5.69 Å². The average molecular weight is 205 g/mol. The van der Waals surface area contributed by atoms with Crippen molar-refractivity contribution in [1.29, 1.82) is 0 Å². The molecule has 1 heterocycles. The summed E-state index contributed by atoms with van der Waals surface area (Å²) in [5.74, 6) is 0. The SMILES string of the molecule is Cc1ccc(NC[C@@H]2CCC[NH2+]2)c(C)c1. The zero-order valence-electron chi connectivity index (χ0n) is 9.72. The molecule has 15 heavy (non-hydrogen) atoms. The minimum absolute atomic E-state index is 0.783. The number of anilines is 1. The molecule has 1 aromatic carbocycles. The van der Waals surface area contributed by atoms with Crippen LogP contribution in [0.2, 0.25) is 0 Å². The largest absolute Gasteiger partial charge is 0.379 e. The van der Waals surface area contributed by atoms with Gasteiger partial charge in [0.2, 0.25) is 0 Å². The van der Waals surface area contributed by atoms with Crippen molar-refractivity contribution in [3.8, 4) is 0 Å². The molecule has 1 saturated heterocycles. The molecular weight excluding hydrogens is 184 g/mol. The fourth-order valence-electron chi connectivity index (χ4n) is 2.29. The fraction of sp³-hybridized carbons (Fsp3) is 0.538. The van der Waals surface area contributed by atoms with E-state index in [0.29, 0.717) is 0 Å². The van der Waals surface area contributed by atoms with Crippen molar-refractivity contribution in [1.82, 2.24) is 0 Å². The average Bonchev–Trinajstić information content (AvgIpc) is 2.69. The summed E-state index contributed by atoms with van der Waals surface area (Å²) in [6.45, 7) is 6.72.